The number of aromatic nitrogens is 4. The zero-order chi connectivity index (χ0) is 19.7. The third-order valence-corrected chi connectivity index (χ3v) is 5.06. The van der Waals surface area contributed by atoms with E-state index in [0.717, 1.165) is 0 Å². The second-order valence-electron chi connectivity index (χ2n) is 5.79. The van der Waals surface area contributed by atoms with Crippen LogP contribution in [0.25, 0.3) is 17.0 Å². The van der Waals surface area contributed by atoms with Crippen LogP contribution in [0.4, 0.5) is 13.2 Å². The zero-order valence-corrected chi connectivity index (χ0v) is 15.3. The molecule has 0 bridgehead atoms. The summed E-state index contributed by atoms with van der Waals surface area (Å²) in [5.41, 5.74) is 1.41. The zero-order valence-electron chi connectivity index (χ0n) is 14.4. The van der Waals surface area contributed by atoms with Gasteiger partial charge in [0.25, 0.3) is 0 Å². The molecule has 0 amide bonds. The monoisotopic (exact) mass is 403 g/mol. The molecule has 12 heteroatoms. The number of hydrogen-bond donors (Lipinski definition) is 0. The largest absolute Gasteiger partial charge is 0.471 e. The van der Waals surface area contributed by atoms with Crippen molar-refractivity contribution in [3.8, 4) is 11.4 Å². The van der Waals surface area contributed by atoms with Crippen LogP contribution in [0.2, 0.25) is 0 Å². The van der Waals surface area contributed by atoms with Gasteiger partial charge in [-0.1, -0.05) is 5.16 Å². The molecule has 1 unspecified atom stereocenters. The predicted molar refractivity (Wildman–Crippen MR) is 90.4 cm³/mol. The Kier molecular flexibility index (Phi) is 5.20. The summed E-state index contributed by atoms with van der Waals surface area (Å²) in [4.78, 5) is 7.71. The summed E-state index contributed by atoms with van der Waals surface area (Å²) in [6.45, 7) is 0.701. The van der Waals surface area contributed by atoms with Crippen LogP contribution in [0.3, 0.4) is 0 Å². The first kappa shape index (κ1) is 19.3. The molecule has 8 nitrogen and oxygen atoms in total. The van der Waals surface area contributed by atoms with E-state index >= 15 is 0 Å². The van der Waals surface area contributed by atoms with Crippen LogP contribution in [0.5, 0.6) is 0 Å². The number of nitrogens with zero attached hydrogens (tertiary/aromatic N) is 5. The average Bonchev–Trinajstić information content (AvgIpc) is 3.19. The fourth-order valence-electron chi connectivity index (χ4n) is 2.34. The van der Waals surface area contributed by atoms with Gasteiger partial charge in [-0.15, -0.1) is 0 Å². The number of methoxy groups -OCH3 is 1. The Bertz CT molecular complexity index is 1070. The number of hydrogen-bond acceptors (Lipinski definition) is 7. The Labute approximate surface area is 152 Å². The highest BCUT2D eigenvalue weighted by atomic mass is 32.2. The predicted octanol–water partition coefficient (Wildman–Crippen LogP) is 2.65. The van der Waals surface area contributed by atoms with Crippen molar-refractivity contribution in [2.75, 3.05) is 26.5 Å². The third kappa shape index (κ3) is 4.63. The van der Waals surface area contributed by atoms with Gasteiger partial charge in [-0.05, 0) is 12.1 Å². The van der Waals surface area contributed by atoms with Crippen molar-refractivity contribution in [1.82, 2.24) is 19.5 Å². The molecule has 3 aromatic rings. The Balaban J connectivity index is 1.86. The summed E-state index contributed by atoms with van der Waals surface area (Å²) in [6.07, 6.45) is -0.00373. The van der Waals surface area contributed by atoms with E-state index in [2.05, 4.69) is 24.0 Å². The van der Waals surface area contributed by atoms with Gasteiger partial charge in [0.2, 0.25) is 5.82 Å². The van der Waals surface area contributed by atoms with Gasteiger partial charge in [-0.2, -0.15) is 18.2 Å². The fraction of sp³-hybridized carbons (Fsp3) is 0.400. The number of halogens is 3. The smallest absolute Gasteiger partial charge is 0.383 e. The van der Waals surface area contributed by atoms with Crippen LogP contribution < -0.4 is 0 Å². The molecule has 0 saturated carbocycles. The van der Waals surface area contributed by atoms with Crippen LogP contribution in [-0.2, 0) is 26.4 Å². The van der Waals surface area contributed by atoms with E-state index < -0.39 is 21.8 Å². The number of alkyl halides is 3. The molecule has 3 heterocycles. The Hall–Kier alpha value is -2.47. The van der Waals surface area contributed by atoms with E-state index in [1.54, 1.807) is 16.7 Å². The maximum absolute atomic E-state index is 12.6. The maximum Gasteiger partial charge on any atom is 0.471 e. The minimum atomic E-state index is -4.70. The van der Waals surface area contributed by atoms with Crippen molar-refractivity contribution in [1.29, 1.82) is 0 Å². The molecular formula is C15H16F3N5O3S. The Morgan fingerprint density at radius 1 is 1.30 bits per heavy atom. The first-order valence-corrected chi connectivity index (χ1v) is 9.80. The number of pyridine rings is 1. The van der Waals surface area contributed by atoms with Gasteiger partial charge >= 0.3 is 12.1 Å². The Morgan fingerprint density at radius 3 is 2.74 bits per heavy atom. The van der Waals surface area contributed by atoms with Gasteiger partial charge in [0, 0.05) is 41.1 Å². The molecule has 0 aromatic carbocycles. The van der Waals surface area contributed by atoms with Crippen molar-refractivity contribution >= 4 is 15.4 Å². The van der Waals surface area contributed by atoms with Gasteiger partial charge in [-0.3, -0.25) is 0 Å². The van der Waals surface area contributed by atoms with Crippen LogP contribution >= 0.6 is 0 Å². The maximum atomic E-state index is 12.6. The SMILES string of the molecule is COCCN=S(C)(=O)Cc1cn2cc(-c3noc(C(F)(F)F)n3)ccc2n1. The molecular weight excluding hydrogens is 387 g/mol. The van der Waals surface area contributed by atoms with E-state index in [-0.39, 0.29) is 11.6 Å². The van der Waals surface area contributed by atoms with Crippen LogP contribution in [-0.4, -0.2) is 50.3 Å². The van der Waals surface area contributed by atoms with E-state index in [1.165, 1.54) is 25.6 Å². The fourth-order valence-corrected chi connectivity index (χ4v) is 3.58. The molecule has 146 valence electrons. The van der Waals surface area contributed by atoms with Crippen molar-refractivity contribution in [2.24, 2.45) is 4.36 Å². The van der Waals surface area contributed by atoms with Gasteiger partial charge in [-0.25, -0.2) is 13.6 Å². The van der Waals surface area contributed by atoms with E-state index in [4.69, 9.17) is 4.74 Å². The molecule has 3 rings (SSSR count). The number of ether oxygens (including phenoxy) is 1. The highest BCUT2D eigenvalue weighted by Gasteiger charge is 2.38. The molecule has 0 radical (unpaired) electrons. The van der Waals surface area contributed by atoms with Crippen molar-refractivity contribution < 1.29 is 26.6 Å². The van der Waals surface area contributed by atoms with Crippen LogP contribution in [0, 0.1) is 0 Å². The number of fused-ring (bicyclic) bond motifs is 1. The van der Waals surface area contributed by atoms with Gasteiger partial charge in [0.05, 0.1) is 24.6 Å². The third-order valence-electron chi connectivity index (χ3n) is 3.50. The molecule has 0 aliphatic rings. The van der Waals surface area contributed by atoms with Crippen molar-refractivity contribution in [3.63, 3.8) is 0 Å². The minimum absolute atomic E-state index is 0.147. The molecule has 0 fully saturated rings. The summed E-state index contributed by atoms with van der Waals surface area (Å²) in [5, 5.41) is 3.36. The summed E-state index contributed by atoms with van der Waals surface area (Å²) in [6, 6.07) is 3.13. The first-order valence-electron chi connectivity index (χ1n) is 7.71. The average molecular weight is 403 g/mol. The van der Waals surface area contributed by atoms with Gasteiger partial charge in [0.1, 0.15) is 5.65 Å². The summed E-state index contributed by atoms with van der Waals surface area (Å²) in [7, 11) is -0.940. The van der Waals surface area contributed by atoms with Crippen LogP contribution in [0.1, 0.15) is 11.6 Å². The van der Waals surface area contributed by atoms with Crippen molar-refractivity contribution in [2.45, 2.75) is 11.9 Å². The van der Waals surface area contributed by atoms with Gasteiger partial charge < -0.3 is 13.7 Å². The van der Waals surface area contributed by atoms with E-state index in [1.807, 2.05) is 0 Å². The molecule has 0 spiro atoms. The molecule has 0 N–H and O–H groups in total. The molecule has 27 heavy (non-hydrogen) atoms. The molecule has 3 aromatic heterocycles. The Morgan fingerprint density at radius 2 is 2.07 bits per heavy atom. The van der Waals surface area contributed by atoms with Gasteiger partial charge in [0.15, 0.2) is 0 Å². The van der Waals surface area contributed by atoms with Crippen molar-refractivity contribution in [3.05, 3.63) is 36.1 Å². The minimum Gasteiger partial charge on any atom is -0.383 e. The summed E-state index contributed by atoms with van der Waals surface area (Å²) >= 11 is 0. The summed E-state index contributed by atoms with van der Waals surface area (Å²) in [5.74, 6) is -1.45. The molecule has 0 saturated heterocycles. The molecule has 1 atom stereocenters. The first-order chi connectivity index (χ1) is 12.7. The number of rotatable bonds is 6. The lowest BCUT2D eigenvalue weighted by molar-refractivity contribution is -0.159. The quantitative estimate of drug-likeness (QED) is 0.587. The van der Waals surface area contributed by atoms with Crippen LogP contribution in [0.15, 0.2) is 33.4 Å². The second kappa shape index (κ2) is 7.27. The van der Waals surface area contributed by atoms with E-state index in [0.29, 0.717) is 30.1 Å². The lowest BCUT2D eigenvalue weighted by atomic mass is 10.3. The van der Waals surface area contributed by atoms with E-state index in [9.17, 15) is 17.4 Å². The normalized spacial score (nSPS) is 14.4. The number of imidazole rings is 1. The lowest BCUT2D eigenvalue weighted by Gasteiger charge is -2.01. The topological polar surface area (TPSA) is 94.9 Å². The molecule has 0 aliphatic carbocycles. The standard InChI is InChI=1S/C15H16F3N5O3S/c1-25-6-5-19-27(2,24)9-11-8-23-7-10(3-4-12(23)20-11)13-21-14(26-22-13)15(16,17)18/h3-4,7-8H,5-6,9H2,1-2H3. The lowest BCUT2D eigenvalue weighted by Crippen LogP contribution is -2.04. The summed E-state index contributed by atoms with van der Waals surface area (Å²) < 4.78 is 65.1. The highest BCUT2D eigenvalue weighted by molar-refractivity contribution is 7.92. The second-order valence-corrected chi connectivity index (χ2v) is 8.25. The highest BCUT2D eigenvalue weighted by Crippen LogP contribution is 2.29. The molecule has 0 aliphatic heterocycles.